The Morgan fingerprint density at radius 1 is 1.40 bits per heavy atom. The first kappa shape index (κ1) is 17.5. The molecule has 1 atom stereocenters. The first-order chi connectivity index (χ1) is 12.1. The normalized spacial score (nSPS) is 18.6. The molecule has 134 valence electrons. The van der Waals surface area contributed by atoms with Gasteiger partial charge in [0.25, 0.3) is 0 Å². The van der Waals surface area contributed by atoms with Crippen LogP contribution in [0.1, 0.15) is 38.8 Å². The maximum Gasteiger partial charge on any atom is 0.240 e. The summed E-state index contributed by atoms with van der Waals surface area (Å²) in [7, 11) is 0. The van der Waals surface area contributed by atoms with E-state index in [1.807, 2.05) is 23.1 Å². The largest absolute Gasteiger partial charge is 0.472 e. The molecule has 2 aliphatic rings. The van der Waals surface area contributed by atoms with E-state index in [2.05, 4.69) is 31.0 Å². The first-order valence-electron chi connectivity index (χ1n) is 9.05. The average Bonchev–Trinajstić information content (AvgIpc) is 3.43. The van der Waals surface area contributed by atoms with Crippen LogP contribution in [0.5, 0.6) is 0 Å². The number of carbonyl (C=O) groups excluding carboxylic acids is 1. The van der Waals surface area contributed by atoms with Crippen molar-refractivity contribution in [3.8, 4) is 0 Å². The van der Waals surface area contributed by atoms with Gasteiger partial charge in [-0.3, -0.25) is 9.78 Å². The molecule has 1 aliphatic heterocycles. The van der Waals surface area contributed by atoms with Crippen molar-refractivity contribution in [3.63, 3.8) is 0 Å². The molecular weight excluding hydrogens is 314 g/mol. The van der Waals surface area contributed by atoms with E-state index in [0.29, 0.717) is 25.0 Å². The highest BCUT2D eigenvalue weighted by atomic mass is 16.5. The van der Waals surface area contributed by atoms with E-state index < -0.39 is 0 Å². The van der Waals surface area contributed by atoms with E-state index in [1.165, 1.54) is 18.4 Å². The number of primary amides is 1. The Morgan fingerprint density at radius 3 is 2.80 bits per heavy atom. The summed E-state index contributed by atoms with van der Waals surface area (Å²) in [6.45, 7) is 5.25. The molecule has 0 radical (unpaired) electrons. The van der Waals surface area contributed by atoms with Crippen molar-refractivity contribution in [3.05, 3.63) is 53.7 Å². The third-order valence-electron chi connectivity index (χ3n) is 4.61. The number of hydrogen-bond donors (Lipinski definition) is 1. The van der Waals surface area contributed by atoms with Gasteiger partial charge in [0.1, 0.15) is 12.6 Å². The van der Waals surface area contributed by atoms with Crippen molar-refractivity contribution in [2.75, 3.05) is 6.54 Å². The van der Waals surface area contributed by atoms with Gasteiger partial charge in [-0.1, -0.05) is 32.1 Å². The van der Waals surface area contributed by atoms with E-state index in [1.54, 1.807) is 6.20 Å². The van der Waals surface area contributed by atoms with Gasteiger partial charge in [-0.2, -0.15) is 0 Å². The molecule has 2 heterocycles. The summed E-state index contributed by atoms with van der Waals surface area (Å²) >= 11 is 0. The molecule has 0 unspecified atom stereocenters. The minimum atomic E-state index is -0.350. The molecule has 1 saturated carbocycles. The highest BCUT2D eigenvalue weighted by molar-refractivity contribution is 5.80. The number of aromatic nitrogens is 1. The van der Waals surface area contributed by atoms with Gasteiger partial charge in [0.2, 0.25) is 5.91 Å². The van der Waals surface area contributed by atoms with Gasteiger partial charge in [-0.15, -0.1) is 0 Å². The fraction of sp³-hybridized carbons (Fsp3) is 0.500. The van der Waals surface area contributed by atoms with E-state index >= 15 is 0 Å². The highest BCUT2D eigenvalue weighted by Crippen LogP contribution is 2.41. The highest BCUT2D eigenvalue weighted by Gasteiger charge is 2.35. The molecule has 1 amide bonds. The average molecular weight is 341 g/mol. The Kier molecular flexibility index (Phi) is 5.41. The second-order valence-electron chi connectivity index (χ2n) is 7.25. The predicted octanol–water partition coefficient (Wildman–Crippen LogP) is 2.99. The van der Waals surface area contributed by atoms with Crippen LogP contribution in [-0.4, -0.2) is 28.4 Å². The molecule has 0 spiro atoms. The molecule has 0 bridgehead atoms. The minimum absolute atomic E-state index is 0.293. The fourth-order valence-corrected chi connectivity index (χ4v) is 3.22. The Balaban J connectivity index is 1.85. The lowest BCUT2D eigenvalue weighted by Crippen LogP contribution is -2.46. The van der Waals surface area contributed by atoms with Crippen LogP contribution in [0.25, 0.3) is 0 Å². The second-order valence-corrected chi connectivity index (χ2v) is 7.25. The fourth-order valence-electron chi connectivity index (χ4n) is 3.22. The maximum atomic E-state index is 12.1. The van der Waals surface area contributed by atoms with E-state index in [4.69, 9.17) is 10.5 Å². The first-order valence-corrected chi connectivity index (χ1v) is 9.05. The maximum absolute atomic E-state index is 12.1. The zero-order chi connectivity index (χ0) is 17.8. The molecule has 2 N–H and O–H groups in total. The van der Waals surface area contributed by atoms with E-state index in [-0.39, 0.29) is 11.9 Å². The molecular formula is C20H27N3O2. The zero-order valence-corrected chi connectivity index (χ0v) is 15.0. The van der Waals surface area contributed by atoms with Crippen LogP contribution in [0.15, 0.2) is 48.0 Å². The summed E-state index contributed by atoms with van der Waals surface area (Å²) in [5, 5.41) is 0. The lowest BCUT2D eigenvalue weighted by Gasteiger charge is -2.36. The number of pyridine rings is 1. The smallest absolute Gasteiger partial charge is 0.240 e. The summed E-state index contributed by atoms with van der Waals surface area (Å²) in [5.74, 6) is 1.42. The number of hydrogen-bond acceptors (Lipinski definition) is 4. The molecule has 3 rings (SSSR count). The van der Waals surface area contributed by atoms with Crippen molar-refractivity contribution in [1.82, 2.24) is 9.88 Å². The van der Waals surface area contributed by atoms with Crippen LogP contribution >= 0.6 is 0 Å². The topological polar surface area (TPSA) is 68.5 Å². The molecule has 1 aromatic rings. The predicted molar refractivity (Wildman–Crippen MR) is 97.1 cm³/mol. The monoisotopic (exact) mass is 341 g/mol. The van der Waals surface area contributed by atoms with Gasteiger partial charge >= 0.3 is 0 Å². The molecule has 25 heavy (non-hydrogen) atoms. The molecule has 1 aliphatic carbocycles. The van der Waals surface area contributed by atoms with Gasteiger partial charge in [-0.25, -0.2) is 0 Å². The summed E-state index contributed by atoms with van der Waals surface area (Å²) < 4.78 is 6.19. The molecule has 1 fully saturated rings. The van der Waals surface area contributed by atoms with E-state index in [0.717, 1.165) is 18.0 Å². The number of carbonyl (C=O) groups is 1. The van der Waals surface area contributed by atoms with E-state index in [9.17, 15) is 4.79 Å². The molecule has 0 aromatic carbocycles. The van der Waals surface area contributed by atoms with Crippen molar-refractivity contribution in [2.45, 2.75) is 45.8 Å². The number of nitrogens with two attached hydrogens (primary N) is 1. The Bertz CT molecular complexity index is 663. The Morgan fingerprint density at radius 2 is 2.20 bits per heavy atom. The van der Waals surface area contributed by atoms with Crippen LogP contribution in [0, 0.1) is 11.8 Å². The van der Waals surface area contributed by atoms with Crippen LogP contribution < -0.4 is 5.73 Å². The lowest BCUT2D eigenvalue weighted by atomic mass is 9.99. The summed E-state index contributed by atoms with van der Waals surface area (Å²) in [6.07, 6.45) is 9.09. The zero-order valence-electron chi connectivity index (χ0n) is 15.0. The van der Waals surface area contributed by atoms with Crippen LogP contribution in [0.4, 0.5) is 0 Å². The summed E-state index contributed by atoms with van der Waals surface area (Å²) in [6, 6.07) is 5.43. The Labute approximate surface area is 149 Å². The van der Waals surface area contributed by atoms with Crippen LogP contribution in [0.2, 0.25) is 0 Å². The third kappa shape index (κ3) is 4.41. The second kappa shape index (κ2) is 7.72. The minimum Gasteiger partial charge on any atom is -0.472 e. The van der Waals surface area contributed by atoms with Gasteiger partial charge < -0.3 is 15.4 Å². The van der Waals surface area contributed by atoms with Crippen LogP contribution in [0.3, 0.4) is 0 Å². The molecule has 5 nitrogen and oxygen atoms in total. The van der Waals surface area contributed by atoms with Crippen LogP contribution in [-0.2, 0) is 16.1 Å². The van der Waals surface area contributed by atoms with Gasteiger partial charge in [-0.05, 0) is 43.2 Å². The standard InChI is InChI=1S/C20H27N3O2/c1-14(2)12-18(19(21)24)23-11-5-7-17(15-8-9-15)20(23)25-13-16-6-3-4-10-22-16/h3-7,10,14-15,18H,8-9,11-13H2,1-2H3,(H2,21,24)/t18-/m0/s1. The lowest BCUT2D eigenvalue weighted by molar-refractivity contribution is -0.124. The van der Waals surface area contributed by atoms with Gasteiger partial charge in [0, 0.05) is 18.3 Å². The van der Waals surface area contributed by atoms with Crippen molar-refractivity contribution in [2.24, 2.45) is 17.6 Å². The van der Waals surface area contributed by atoms with Gasteiger partial charge in [0.05, 0.1) is 5.69 Å². The number of allylic oxidation sites excluding steroid dienone is 2. The number of ether oxygens (including phenoxy) is 1. The van der Waals surface area contributed by atoms with Gasteiger partial charge in [0.15, 0.2) is 5.88 Å². The molecule has 0 saturated heterocycles. The Hall–Kier alpha value is -2.30. The molecule has 1 aromatic heterocycles. The third-order valence-corrected chi connectivity index (χ3v) is 4.61. The summed E-state index contributed by atoms with van der Waals surface area (Å²) in [4.78, 5) is 18.5. The quantitative estimate of drug-likeness (QED) is 0.789. The van der Waals surface area contributed by atoms with Crippen molar-refractivity contribution in [1.29, 1.82) is 0 Å². The number of nitrogens with zero attached hydrogens (tertiary/aromatic N) is 2. The molecule has 5 heteroatoms. The van der Waals surface area contributed by atoms with Crippen molar-refractivity contribution < 1.29 is 9.53 Å². The summed E-state index contributed by atoms with van der Waals surface area (Å²) in [5.41, 5.74) is 7.79. The number of amides is 1. The SMILES string of the molecule is CC(C)C[C@@H](C(N)=O)N1CC=CC(C2CC2)=C1OCc1ccccn1. The van der Waals surface area contributed by atoms with Crippen molar-refractivity contribution >= 4 is 5.91 Å². The number of rotatable bonds is 8.